The Bertz CT molecular complexity index is 1030. The molecule has 0 spiro atoms. The van der Waals surface area contributed by atoms with E-state index in [1.807, 2.05) is 25.1 Å². The number of ether oxygens (including phenoxy) is 1. The maximum Gasteiger partial charge on any atom is 0.328 e. The van der Waals surface area contributed by atoms with E-state index in [0.717, 1.165) is 12.0 Å². The largest absolute Gasteiger partial charge is 0.465 e. The molecule has 7 heteroatoms. The van der Waals surface area contributed by atoms with Gasteiger partial charge in [0.1, 0.15) is 5.25 Å². The molecule has 1 aliphatic rings. The molecule has 3 atom stereocenters. The van der Waals surface area contributed by atoms with Crippen LogP contribution in [0.1, 0.15) is 30.9 Å². The number of benzene rings is 2. The molecule has 0 amide bonds. The molecule has 2 aromatic carbocycles. The molecule has 28 heavy (non-hydrogen) atoms. The van der Waals surface area contributed by atoms with Gasteiger partial charge in [-0.25, -0.2) is 8.42 Å². The average Bonchev–Trinajstić information content (AvgIpc) is 3.40. The smallest absolute Gasteiger partial charge is 0.328 e. The van der Waals surface area contributed by atoms with Gasteiger partial charge in [-0.2, -0.15) is 5.26 Å². The summed E-state index contributed by atoms with van der Waals surface area (Å²) in [5, 5.41) is 9.07. The molecule has 1 fully saturated rings. The minimum atomic E-state index is -3.96. The van der Waals surface area contributed by atoms with E-state index in [-0.39, 0.29) is 11.5 Å². The number of nitriles is 1. The van der Waals surface area contributed by atoms with E-state index in [9.17, 15) is 18.5 Å². The van der Waals surface area contributed by atoms with Crippen molar-refractivity contribution in [2.24, 2.45) is 5.41 Å². The Labute approximate surface area is 169 Å². The Morgan fingerprint density at radius 3 is 2.25 bits per heavy atom. The Hall–Kier alpha value is -2.36. The molecule has 5 nitrogen and oxygen atoms in total. The first kappa shape index (κ1) is 20.4. The van der Waals surface area contributed by atoms with Gasteiger partial charge < -0.3 is 4.74 Å². The molecular formula is C21H20ClNO4S. The standard InChI is InChI=1S/C21H20ClNO4S/c1-3-14-5-7-15(8-6-14)18-19(21(18,13-23)20(24)27-4-2)28(25,26)17-11-9-16(22)10-12-17/h5-12,18-19H,3-4H2,1-2H3/t18-,19+,21+/m1/s1. The van der Waals surface area contributed by atoms with Crippen molar-refractivity contribution in [3.63, 3.8) is 0 Å². The minimum absolute atomic E-state index is 0.0264. The van der Waals surface area contributed by atoms with Gasteiger partial charge in [0, 0.05) is 10.9 Å². The number of esters is 1. The van der Waals surface area contributed by atoms with Gasteiger partial charge >= 0.3 is 5.97 Å². The first-order chi connectivity index (χ1) is 13.3. The predicted molar refractivity (Wildman–Crippen MR) is 106 cm³/mol. The lowest BCUT2D eigenvalue weighted by molar-refractivity contribution is -0.147. The van der Waals surface area contributed by atoms with E-state index in [1.165, 1.54) is 24.3 Å². The molecule has 0 N–H and O–H groups in total. The van der Waals surface area contributed by atoms with Crippen molar-refractivity contribution in [1.82, 2.24) is 0 Å². The number of sulfone groups is 1. The lowest BCUT2D eigenvalue weighted by atomic mass is 9.99. The van der Waals surface area contributed by atoms with Crippen LogP contribution >= 0.6 is 11.6 Å². The molecule has 146 valence electrons. The fourth-order valence-electron chi connectivity index (χ4n) is 3.62. The summed E-state index contributed by atoms with van der Waals surface area (Å²) in [7, 11) is -3.96. The normalized spacial score (nSPS) is 23.6. The van der Waals surface area contributed by atoms with E-state index >= 15 is 0 Å². The van der Waals surface area contributed by atoms with E-state index in [0.29, 0.717) is 10.6 Å². The SMILES string of the molecule is CCOC(=O)[C@@]1(C#N)[C@H](c2ccc(CC)cc2)[C@@H]1S(=O)(=O)c1ccc(Cl)cc1. The third-order valence-corrected chi connectivity index (χ3v) is 7.65. The molecule has 0 saturated heterocycles. The lowest BCUT2D eigenvalue weighted by Crippen LogP contribution is -2.25. The summed E-state index contributed by atoms with van der Waals surface area (Å²) in [5.74, 6) is -1.59. The number of aryl methyl sites for hydroxylation is 1. The van der Waals surface area contributed by atoms with Crippen LogP contribution in [-0.2, 0) is 25.8 Å². The molecular weight excluding hydrogens is 398 g/mol. The van der Waals surface area contributed by atoms with Gasteiger partial charge in [0.05, 0.1) is 17.6 Å². The highest BCUT2D eigenvalue weighted by Crippen LogP contribution is 2.64. The van der Waals surface area contributed by atoms with Crippen LogP contribution in [0.15, 0.2) is 53.4 Å². The molecule has 0 radical (unpaired) electrons. The summed E-state index contributed by atoms with van der Waals surface area (Å²) in [5.41, 5.74) is -0.0445. The zero-order valence-electron chi connectivity index (χ0n) is 15.6. The van der Waals surface area contributed by atoms with Crippen molar-refractivity contribution in [2.45, 2.75) is 36.3 Å². The predicted octanol–water partition coefficient (Wildman–Crippen LogP) is 3.92. The fourth-order valence-corrected chi connectivity index (χ4v) is 5.99. The monoisotopic (exact) mass is 417 g/mol. The van der Waals surface area contributed by atoms with Gasteiger partial charge in [-0.15, -0.1) is 0 Å². The van der Waals surface area contributed by atoms with Gasteiger partial charge in [0.25, 0.3) is 0 Å². The van der Waals surface area contributed by atoms with Crippen molar-refractivity contribution in [1.29, 1.82) is 5.26 Å². The number of hydrogen-bond donors (Lipinski definition) is 0. The van der Waals surface area contributed by atoms with Crippen molar-refractivity contribution in [3.05, 3.63) is 64.7 Å². The highest BCUT2D eigenvalue weighted by molar-refractivity contribution is 7.92. The Kier molecular flexibility index (Phi) is 5.51. The highest BCUT2D eigenvalue weighted by Gasteiger charge is 2.77. The Morgan fingerprint density at radius 1 is 1.14 bits per heavy atom. The minimum Gasteiger partial charge on any atom is -0.465 e. The second kappa shape index (κ2) is 7.57. The van der Waals surface area contributed by atoms with Gasteiger partial charge in [-0.1, -0.05) is 42.8 Å². The summed E-state index contributed by atoms with van der Waals surface area (Å²) >= 11 is 5.86. The van der Waals surface area contributed by atoms with Crippen molar-refractivity contribution in [2.75, 3.05) is 6.61 Å². The fraction of sp³-hybridized carbons (Fsp3) is 0.333. The quantitative estimate of drug-likeness (QED) is 0.665. The lowest BCUT2D eigenvalue weighted by Gasteiger charge is -2.09. The van der Waals surface area contributed by atoms with Crippen LogP contribution in [0.3, 0.4) is 0 Å². The molecule has 3 rings (SSSR count). The molecule has 0 unspecified atom stereocenters. The summed E-state index contributed by atoms with van der Waals surface area (Å²) in [6, 6.07) is 15.0. The summed E-state index contributed by atoms with van der Waals surface area (Å²) < 4.78 is 31.7. The van der Waals surface area contributed by atoms with E-state index in [2.05, 4.69) is 0 Å². The second-order valence-electron chi connectivity index (χ2n) is 6.69. The number of hydrogen-bond acceptors (Lipinski definition) is 5. The topological polar surface area (TPSA) is 84.2 Å². The van der Waals surface area contributed by atoms with Crippen molar-refractivity contribution < 1.29 is 17.9 Å². The van der Waals surface area contributed by atoms with Gasteiger partial charge in [0.2, 0.25) is 0 Å². The first-order valence-corrected chi connectivity index (χ1v) is 10.9. The molecule has 1 aliphatic carbocycles. The molecule has 0 aromatic heterocycles. The summed E-state index contributed by atoms with van der Waals surface area (Å²) in [4.78, 5) is 12.7. The molecule has 2 aromatic rings. The summed E-state index contributed by atoms with van der Waals surface area (Å²) in [6.45, 7) is 3.70. The number of nitrogens with zero attached hydrogens (tertiary/aromatic N) is 1. The Balaban J connectivity index is 2.11. The Morgan fingerprint density at radius 2 is 1.75 bits per heavy atom. The molecule has 0 aliphatic heterocycles. The van der Waals surface area contributed by atoms with Crippen LogP contribution in [0.25, 0.3) is 0 Å². The zero-order valence-corrected chi connectivity index (χ0v) is 17.1. The number of carbonyl (C=O) groups excluding carboxylic acids is 1. The van der Waals surface area contributed by atoms with Gasteiger partial charge in [-0.3, -0.25) is 4.79 Å². The van der Waals surface area contributed by atoms with Crippen LogP contribution in [-0.4, -0.2) is 26.2 Å². The highest BCUT2D eigenvalue weighted by atomic mass is 35.5. The third kappa shape index (κ3) is 3.19. The van der Waals surface area contributed by atoms with Gasteiger partial charge in [-0.05, 0) is 48.7 Å². The number of rotatable bonds is 6. The third-order valence-electron chi connectivity index (χ3n) is 5.15. The first-order valence-electron chi connectivity index (χ1n) is 8.99. The second-order valence-corrected chi connectivity index (χ2v) is 9.20. The van der Waals surface area contributed by atoms with Crippen molar-refractivity contribution in [3.8, 4) is 6.07 Å². The molecule has 0 bridgehead atoms. The zero-order chi connectivity index (χ0) is 20.5. The van der Waals surface area contributed by atoms with E-state index < -0.39 is 32.4 Å². The summed E-state index contributed by atoms with van der Waals surface area (Å²) in [6.07, 6.45) is 0.832. The van der Waals surface area contributed by atoms with Crippen LogP contribution in [0.5, 0.6) is 0 Å². The maximum absolute atomic E-state index is 13.3. The van der Waals surface area contributed by atoms with E-state index in [1.54, 1.807) is 19.1 Å². The molecule has 0 heterocycles. The van der Waals surface area contributed by atoms with Crippen LogP contribution in [0, 0.1) is 16.7 Å². The van der Waals surface area contributed by atoms with Crippen LogP contribution in [0.2, 0.25) is 5.02 Å². The number of halogens is 1. The van der Waals surface area contributed by atoms with Crippen LogP contribution < -0.4 is 0 Å². The van der Waals surface area contributed by atoms with Crippen LogP contribution in [0.4, 0.5) is 0 Å². The number of carbonyl (C=O) groups is 1. The van der Waals surface area contributed by atoms with E-state index in [4.69, 9.17) is 16.3 Å². The maximum atomic E-state index is 13.3. The van der Waals surface area contributed by atoms with Crippen molar-refractivity contribution >= 4 is 27.4 Å². The van der Waals surface area contributed by atoms with Gasteiger partial charge in [0.15, 0.2) is 15.3 Å². The molecule has 1 saturated carbocycles. The average molecular weight is 418 g/mol.